The largest absolute Gasteiger partial charge is 0.305 e. The van der Waals surface area contributed by atoms with Gasteiger partial charge in [-0.3, -0.25) is 0 Å². The van der Waals surface area contributed by atoms with E-state index in [1.807, 2.05) is 24.4 Å². The third-order valence-corrected chi connectivity index (χ3v) is 14.7. The standard InChI is InChI=1S/C31H28NS.C20H26NSi.Ir/c1-20-6-5-7-21(2)31(20)25-10-12-26-27-18-24(11-13-29(27)33-30(26)19-25)28-17-23(14-15-32-28)16-22-8-3-4-9-22;1-22(2,3)19-13-14-20(21-15-19)18-11-9-17(10-12-18)16-7-5-4-6-8-16;/h5-7,10,12-15,17-19,22H,3-4,8-9,16H2,1-2H3;9-11,13-16H,4-8H2,1-3H3;/q2*-1;/i16D2;16D;. The Morgan fingerprint density at radius 2 is 1.48 bits per heavy atom. The molecule has 2 fully saturated rings. The molecule has 7 aromatic rings. The van der Waals surface area contributed by atoms with Crippen molar-refractivity contribution in [2.45, 2.75) is 104 Å². The molecule has 0 N–H and O–H groups in total. The number of hydrogen-bond acceptors (Lipinski definition) is 3. The molecule has 2 aliphatic rings. The maximum atomic E-state index is 8.79. The number of nitrogens with zero attached hydrogens (tertiary/aromatic N) is 2. The molecule has 0 saturated heterocycles. The Kier molecular flexibility index (Phi) is 11.6. The van der Waals surface area contributed by atoms with Crippen LogP contribution < -0.4 is 5.19 Å². The molecule has 0 spiro atoms. The van der Waals surface area contributed by atoms with Crippen LogP contribution in [-0.2, 0) is 26.5 Å². The topological polar surface area (TPSA) is 25.8 Å². The number of pyridine rings is 2. The van der Waals surface area contributed by atoms with E-state index >= 15 is 0 Å². The Morgan fingerprint density at radius 1 is 0.732 bits per heavy atom. The molecule has 3 heterocycles. The quantitative estimate of drug-likeness (QED) is 0.118. The van der Waals surface area contributed by atoms with Gasteiger partial charge in [0.05, 0.1) is 8.07 Å². The second-order valence-electron chi connectivity index (χ2n) is 16.6. The van der Waals surface area contributed by atoms with Crippen molar-refractivity contribution >= 4 is 44.8 Å². The summed E-state index contributed by atoms with van der Waals surface area (Å²) in [4.78, 5) is 9.23. The Labute approximate surface area is 357 Å². The molecular weight excluding hydrogens is 893 g/mol. The third kappa shape index (κ3) is 9.18. The zero-order chi connectivity index (χ0) is 40.7. The minimum atomic E-state index is -1.32. The van der Waals surface area contributed by atoms with Crippen LogP contribution in [0.3, 0.4) is 0 Å². The first-order valence-electron chi connectivity index (χ1n) is 21.7. The molecule has 3 aromatic heterocycles. The SMILES string of the molecule is [2H]C([2H])(c1ccnc(-c2[c-]cc3sc4cc(-c5c(C)cccc5C)ccc4c3c2)c1)C1CCCC1.[2H]C1(c2c[c-]c(-c3ccc([Si](C)(C)C)cn3)cc2)CCCCC1.[Ir]. The van der Waals surface area contributed by atoms with Crippen LogP contribution in [0.25, 0.3) is 53.8 Å². The summed E-state index contributed by atoms with van der Waals surface area (Å²) in [7, 11) is -1.30. The normalized spacial score (nSPS) is 16.7. The molecular formula is C51H54IrN2SSi-2. The van der Waals surface area contributed by atoms with Crippen molar-refractivity contribution in [1.29, 1.82) is 0 Å². The van der Waals surface area contributed by atoms with Gasteiger partial charge >= 0.3 is 0 Å². The summed E-state index contributed by atoms with van der Waals surface area (Å²) in [6, 6.07) is 38.6. The van der Waals surface area contributed by atoms with E-state index in [2.05, 4.69) is 128 Å². The van der Waals surface area contributed by atoms with Crippen LogP contribution in [0.4, 0.5) is 0 Å². The molecule has 2 nitrogen and oxygen atoms in total. The summed E-state index contributed by atoms with van der Waals surface area (Å²) in [5.74, 6) is -0.307. The van der Waals surface area contributed by atoms with Crippen LogP contribution >= 0.6 is 11.3 Å². The zero-order valence-electron chi connectivity index (χ0n) is 36.4. The van der Waals surface area contributed by atoms with E-state index in [0.29, 0.717) is 0 Å². The van der Waals surface area contributed by atoms with Crippen molar-refractivity contribution in [3.63, 3.8) is 0 Å². The average Bonchev–Trinajstić information content (AvgIpc) is 3.90. The van der Waals surface area contributed by atoms with E-state index in [4.69, 9.17) is 4.11 Å². The molecule has 0 aliphatic heterocycles. The Morgan fingerprint density at radius 3 is 2.18 bits per heavy atom. The molecule has 2 aliphatic carbocycles. The van der Waals surface area contributed by atoms with E-state index in [-0.39, 0.29) is 26.0 Å². The van der Waals surface area contributed by atoms with E-state index in [9.17, 15) is 0 Å². The molecule has 0 amide bonds. The average molecular weight is 950 g/mol. The molecule has 4 aromatic carbocycles. The van der Waals surface area contributed by atoms with Crippen molar-refractivity contribution < 1.29 is 24.2 Å². The minimum Gasteiger partial charge on any atom is -0.305 e. The fourth-order valence-corrected chi connectivity index (χ4v) is 10.5. The maximum Gasteiger partial charge on any atom is 0.0795 e. The zero-order valence-corrected chi connectivity index (χ0v) is 37.6. The maximum absolute atomic E-state index is 8.79. The number of hydrogen-bond donors (Lipinski definition) is 0. The van der Waals surface area contributed by atoms with E-state index in [0.717, 1.165) is 72.2 Å². The molecule has 5 heteroatoms. The summed E-state index contributed by atoms with van der Waals surface area (Å²) < 4.78 is 28.8. The van der Waals surface area contributed by atoms with Crippen molar-refractivity contribution in [1.82, 2.24) is 9.97 Å². The van der Waals surface area contributed by atoms with Gasteiger partial charge in [-0.2, -0.15) is 11.3 Å². The molecule has 289 valence electrons. The van der Waals surface area contributed by atoms with Gasteiger partial charge in [0, 0.05) is 41.3 Å². The Bertz CT molecular complexity index is 2530. The van der Waals surface area contributed by atoms with Gasteiger partial charge in [0.2, 0.25) is 0 Å². The van der Waals surface area contributed by atoms with Crippen LogP contribution in [0.15, 0.2) is 103 Å². The van der Waals surface area contributed by atoms with Gasteiger partial charge in [-0.05, 0) is 87.2 Å². The van der Waals surface area contributed by atoms with Crippen LogP contribution in [0.1, 0.15) is 90.0 Å². The first-order chi connectivity index (χ1) is 27.8. The number of rotatable bonds is 7. The summed E-state index contributed by atoms with van der Waals surface area (Å²) >= 11 is 1.80. The van der Waals surface area contributed by atoms with Crippen molar-refractivity contribution in [3.05, 3.63) is 138 Å². The Hall–Kier alpha value is -3.73. The van der Waals surface area contributed by atoms with Crippen LogP contribution in [0.2, 0.25) is 19.6 Å². The molecule has 56 heavy (non-hydrogen) atoms. The van der Waals surface area contributed by atoms with Gasteiger partial charge in [0.15, 0.2) is 0 Å². The number of aromatic nitrogens is 2. The molecule has 9 rings (SSSR count). The van der Waals surface area contributed by atoms with Gasteiger partial charge in [0.1, 0.15) is 0 Å². The van der Waals surface area contributed by atoms with Crippen molar-refractivity contribution in [2.75, 3.05) is 0 Å². The van der Waals surface area contributed by atoms with Gasteiger partial charge in [-0.15, -0.1) is 59.2 Å². The summed E-state index contributed by atoms with van der Waals surface area (Å²) in [5.41, 5.74) is 10.7. The Balaban J connectivity index is 0.000000192. The van der Waals surface area contributed by atoms with Crippen molar-refractivity contribution in [2.24, 2.45) is 5.92 Å². The van der Waals surface area contributed by atoms with Gasteiger partial charge in [-0.25, -0.2) is 0 Å². The molecule has 1 radical (unpaired) electrons. The smallest absolute Gasteiger partial charge is 0.0795 e. The fourth-order valence-electron chi connectivity index (χ4n) is 8.34. The molecule has 0 bridgehead atoms. The molecule has 0 atom stereocenters. The number of thiophene rings is 1. The van der Waals surface area contributed by atoms with E-state index in [1.165, 1.54) is 66.9 Å². The van der Waals surface area contributed by atoms with Crippen LogP contribution in [0, 0.1) is 31.9 Å². The van der Waals surface area contributed by atoms with Gasteiger partial charge < -0.3 is 9.97 Å². The minimum absolute atomic E-state index is 0. The van der Waals surface area contributed by atoms with Gasteiger partial charge in [-0.1, -0.05) is 143 Å². The fraction of sp³-hybridized carbons (Fsp3) is 0.333. The predicted octanol–water partition coefficient (Wildman–Crippen LogP) is 14.1. The van der Waals surface area contributed by atoms with E-state index < -0.39 is 20.3 Å². The second-order valence-corrected chi connectivity index (χ2v) is 22.8. The predicted molar refractivity (Wildman–Crippen MR) is 239 cm³/mol. The second kappa shape index (κ2) is 17.8. The van der Waals surface area contributed by atoms with E-state index in [1.54, 1.807) is 17.5 Å². The van der Waals surface area contributed by atoms with Gasteiger partial charge in [0.25, 0.3) is 0 Å². The summed E-state index contributed by atoms with van der Waals surface area (Å²) in [6.07, 6.45) is 12.2. The number of fused-ring (bicyclic) bond motifs is 3. The monoisotopic (exact) mass is 950 g/mol. The summed E-state index contributed by atoms with van der Waals surface area (Å²) in [6.45, 7) is 11.4. The number of benzene rings is 4. The summed E-state index contributed by atoms with van der Waals surface area (Å²) in [5, 5.41) is 3.83. The number of aryl methyl sites for hydroxylation is 2. The molecule has 0 unspecified atom stereocenters. The molecule has 2 saturated carbocycles. The first-order valence-corrected chi connectivity index (χ1v) is 24.5. The third-order valence-electron chi connectivity index (χ3n) is 11.5. The van der Waals surface area contributed by atoms with Crippen LogP contribution in [-0.4, -0.2) is 18.0 Å². The van der Waals surface area contributed by atoms with Crippen molar-refractivity contribution in [3.8, 4) is 33.6 Å². The van der Waals surface area contributed by atoms with Crippen LogP contribution in [0.5, 0.6) is 0 Å². The first kappa shape index (κ1) is 36.6.